The quantitative estimate of drug-likeness (QED) is 0.393. The zero-order chi connectivity index (χ0) is 8.10. The van der Waals surface area contributed by atoms with Gasteiger partial charge >= 0.3 is 0 Å². The van der Waals surface area contributed by atoms with Crippen molar-refractivity contribution >= 4 is 6.21 Å². The molecule has 0 spiro atoms. The SMILES string of the molecule is CCCn1ccc(/C=N/N)c1. The minimum atomic E-state index is 1.05. The molecule has 0 radical (unpaired) electrons. The van der Waals surface area contributed by atoms with Crippen LogP contribution < -0.4 is 5.84 Å². The Hall–Kier alpha value is -1.25. The number of hydrogen-bond donors (Lipinski definition) is 1. The fraction of sp³-hybridized carbons (Fsp3) is 0.375. The number of aryl methyl sites for hydroxylation is 1. The van der Waals surface area contributed by atoms with Crippen LogP contribution in [0.3, 0.4) is 0 Å². The summed E-state index contributed by atoms with van der Waals surface area (Å²) in [4.78, 5) is 0. The molecule has 3 nitrogen and oxygen atoms in total. The van der Waals surface area contributed by atoms with Crippen LogP contribution in [0.2, 0.25) is 0 Å². The molecule has 0 fully saturated rings. The van der Waals surface area contributed by atoms with Gasteiger partial charge in [0, 0.05) is 24.5 Å². The van der Waals surface area contributed by atoms with Gasteiger partial charge in [-0.15, -0.1) is 0 Å². The molecule has 1 aromatic rings. The van der Waals surface area contributed by atoms with Crippen molar-refractivity contribution in [1.82, 2.24) is 4.57 Å². The third-order valence-corrected chi connectivity index (χ3v) is 1.48. The third kappa shape index (κ3) is 2.11. The molecule has 0 bridgehead atoms. The van der Waals surface area contributed by atoms with Crippen molar-refractivity contribution in [2.24, 2.45) is 10.9 Å². The average molecular weight is 151 g/mol. The molecule has 0 aliphatic rings. The summed E-state index contributed by atoms with van der Waals surface area (Å²) in [5, 5.41) is 3.44. The predicted octanol–water partition coefficient (Wildman–Crippen LogP) is 1.19. The summed E-state index contributed by atoms with van der Waals surface area (Å²) in [5.74, 6) is 5.00. The van der Waals surface area contributed by atoms with Gasteiger partial charge in [-0.3, -0.25) is 0 Å². The van der Waals surface area contributed by atoms with E-state index in [-0.39, 0.29) is 0 Å². The molecule has 0 atom stereocenters. The number of aromatic nitrogens is 1. The molecule has 0 amide bonds. The van der Waals surface area contributed by atoms with Crippen molar-refractivity contribution in [3.8, 4) is 0 Å². The Labute approximate surface area is 66.5 Å². The highest BCUT2D eigenvalue weighted by molar-refractivity contribution is 5.78. The van der Waals surface area contributed by atoms with Crippen LogP contribution in [-0.4, -0.2) is 10.8 Å². The maximum absolute atomic E-state index is 5.00. The lowest BCUT2D eigenvalue weighted by molar-refractivity contribution is 0.683. The van der Waals surface area contributed by atoms with Gasteiger partial charge in [0.25, 0.3) is 0 Å². The average Bonchev–Trinajstić information content (AvgIpc) is 2.38. The van der Waals surface area contributed by atoms with Crippen LogP contribution in [0, 0.1) is 0 Å². The molecule has 1 aromatic heterocycles. The summed E-state index contributed by atoms with van der Waals surface area (Å²) >= 11 is 0. The lowest BCUT2D eigenvalue weighted by atomic mass is 10.4. The lowest BCUT2D eigenvalue weighted by Gasteiger charge is -1.95. The van der Waals surface area contributed by atoms with E-state index in [0.717, 1.165) is 18.5 Å². The van der Waals surface area contributed by atoms with Crippen molar-refractivity contribution in [3.05, 3.63) is 24.0 Å². The summed E-state index contributed by atoms with van der Waals surface area (Å²) in [6, 6.07) is 1.99. The van der Waals surface area contributed by atoms with Gasteiger partial charge in [0.1, 0.15) is 0 Å². The van der Waals surface area contributed by atoms with E-state index in [1.807, 2.05) is 18.5 Å². The molecule has 0 aromatic carbocycles. The van der Waals surface area contributed by atoms with Crippen molar-refractivity contribution in [1.29, 1.82) is 0 Å². The highest BCUT2D eigenvalue weighted by Gasteiger charge is 1.90. The molecule has 11 heavy (non-hydrogen) atoms. The molecule has 0 saturated heterocycles. The van der Waals surface area contributed by atoms with E-state index in [0.29, 0.717) is 0 Å². The second-order valence-corrected chi connectivity index (χ2v) is 2.46. The Balaban J connectivity index is 2.65. The highest BCUT2D eigenvalue weighted by atomic mass is 15.1. The van der Waals surface area contributed by atoms with Crippen LogP contribution in [-0.2, 0) is 6.54 Å². The topological polar surface area (TPSA) is 43.3 Å². The predicted molar refractivity (Wildman–Crippen MR) is 46.5 cm³/mol. The first-order chi connectivity index (χ1) is 5.36. The van der Waals surface area contributed by atoms with E-state index in [1.165, 1.54) is 0 Å². The van der Waals surface area contributed by atoms with Crippen molar-refractivity contribution in [2.75, 3.05) is 0 Å². The lowest BCUT2D eigenvalue weighted by Crippen LogP contribution is -1.91. The summed E-state index contributed by atoms with van der Waals surface area (Å²) < 4.78 is 2.12. The molecule has 1 rings (SSSR count). The molecule has 60 valence electrons. The van der Waals surface area contributed by atoms with Crippen LogP contribution in [0.4, 0.5) is 0 Å². The molecular weight excluding hydrogens is 138 g/mol. The molecule has 3 heteroatoms. The van der Waals surface area contributed by atoms with Crippen LogP contribution in [0.1, 0.15) is 18.9 Å². The first-order valence-corrected chi connectivity index (χ1v) is 3.76. The Morgan fingerprint density at radius 2 is 2.55 bits per heavy atom. The van der Waals surface area contributed by atoms with Gasteiger partial charge in [0.05, 0.1) is 6.21 Å². The van der Waals surface area contributed by atoms with Gasteiger partial charge in [0.2, 0.25) is 0 Å². The Kier molecular flexibility index (Phi) is 2.72. The summed E-state index contributed by atoms with van der Waals surface area (Å²) in [7, 11) is 0. The van der Waals surface area contributed by atoms with Gasteiger partial charge in [0.15, 0.2) is 0 Å². The van der Waals surface area contributed by atoms with Gasteiger partial charge in [-0.25, -0.2) is 0 Å². The zero-order valence-corrected chi connectivity index (χ0v) is 6.70. The molecule has 0 unspecified atom stereocenters. The molecule has 2 N–H and O–H groups in total. The summed E-state index contributed by atoms with van der Waals surface area (Å²) in [6.07, 6.45) is 6.85. The van der Waals surface area contributed by atoms with Crippen molar-refractivity contribution < 1.29 is 0 Å². The number of rotatable bonds is 3. The van der Waals surface area contributed by atoms with Crippen LogP contribution in [0.5, 0.6) is 0 Å². The molecule has 0 aliphatic heterocycles. The van der Waals surface area contributed by atoms with Crippen LogP contribution in [0.15, 0.2) is 23.6 Å². The zero-order valence-electron chi connectivity index (χ0n) is 6.70. The Bertz CT molecular complexity index is 237. The van der Waals surface area contributed by atoms with E-state index >= 15 is 0 Å². The van der Waals surface area contributed by atoms with Gasteiger partial charge in [-0.2, -0.15) is 5.10 Å². The number of nitrogens with two attached hydrogens (primary N) is 1. The van der Waals surface area contributed by atoms with E-state index in [1.54, 1.807) is 6.21 Å². The second-order valence-electron chi connectivity index (χ2n) is 2.46. The smallest absolute Gasteiger partial charge is 0.0553 e. The van der Waals surface area contributed by atoms with Crippen molar-refractivity contribution in [2.45, 2.75) is 19.9 Å². The molecule has 1 heterocycles. The minimum Gasteiger partial charge on any atom is -0.354 e. The van der Waals surface area contributed by atoms with Crippen LogP contribution in [0.25, 0.3) is 0 Å². The molecule has 0 saturated carbocycles. The number of nitrogens with zero attached hydrogens (tertiary/aromatic N) is 2. The van der Waals surface area contributed by atoms with Gasteiger partial charge < -0.3 is 10.4 Å². The van der Waals surface area contributed by atoms with E-state index in [4.69, 9.17) is 5.84 Å². The number of hydrazone groups is 1. The van der Waals surface area contributed by atoms with E-state index < -0.39 is 0 Å². The molecular formula is C8H13N3. The largest absolute Gasteiger partial charge is 0.354 e. The first kappa shape index (κ1) is 7.85. The van der Waals surface area contributed by atoms with Crippen molar-refractivity contribution in [3.63, 3.8) is 0 Å². The fourth-order valence-electron chi connectivity index (χ4n) is 1.02. The monoisotopic (exact) mass is 151 g/mol. The summed E-state index contributed by atoms with van der Waals surface area (Å²) in [5.41, 5.74) is 1.06. The highest BCUT2D eigenvalue weighted by Crippen LogP contribution is 1.98. The van der Waals surface area contributed by atoms with E-state index in [9.17, 15) is 0 Å². The minimum absolute atomic E-state index is 1.05. The maximum Gasteiger partial charge on any atom is 0.0553 e. The second kappa shape index (κ2) is 3.81. The van der Waals surface area contributed by atoms with Gasteiger partial charge in [-0.05, 0) is 12.5 Å². The Morgan fingerprint density at radius 3 is 3.18 bits per heavy atom. The normalized spacial score (nSPS) is 11.0. The van der Waals surface area contributed by atoms with E-state index in [2.05, 4.69) is 16.6 Å². The standard InChI is InChI=1S/C8H13N3/c1-2-4-11-5-3-8(7-11)6-10-9/h3,5-7H,2,4,9H2,1H3/b10-6+. The summed E-state index contributed by atoms with van der Waals surface area (Å²) in [6.45, 7) is 3.20. The number of hydrogen-bond acceptors (Lipinski definition) is 2. The van der Waals surface area contributed by atoms with Crippen LogP contribution >= 0.6 is 0 Å². The fourth-order valence-corrected chi connectivity index (χ4v) is 1.02. The maximum atomic E-state index is 5.00. The molecule has 0 aliphatic carbocycles. The van der Waals surface area contributed by atoms with Gasteiger partial charge in [-0.1, -0.05) is 6.92 Å². The first-order valence-electron chi connectivity index (χ1n) is 3.76. The Morgan fingerprint density at radius 1 is 1.73 bits per heavy atom. The third-order valence-electron chi connectivity index (χ3n) is 1.48.